The molecule has 0 atom stereocenters. The number of anilines is 2. The average Bonchev–Trinajstić information content (AvgIpc) is 3.97. The second kappa shape index (κ2) is 13.3. The molecule has 0 saturated carbocycles. The van der Waals surface area contributed by atoms with Gasteiger partial charge in [-0.1, -0.05) is 138 Å². The van der Waals surface area contributed by atoms with E-state index >= 15 is 0 Å². The SMILES string of the molecule is Cc1ccc(Nc2cc3c(cc2-c2cc(C(c4ccccc4)c4ccccc4)c4c5ccccc5n5c4c2[B]c2cc4sc6ccccc6c4cc2-5)oc2ccccc23)cc1. The van der Waals surface area contributed by atoms with Gasteiger partial charge < -0.3 is 14.3 Å². The van der Waals surface area contributed by atoms with Crippen LogP contribution in [0.25, 0.3) is 80.7 Å². The van der Waals surface area contributed by atoms with E-state index in [1.54, 1.807) is 0 Å². The van der Waals surface area contributed by atoms with E-state index in [4.69, 9.17) is 4.42 Å². The van der Waals surface area contributed by atoms with Gasteiger partial charge in [0.2, 0.25) is 0 Å². The summed E-state index contributed by atoms with van der Waals surface area (Å²) in [4.78, 5) is 0. The lowest BCUT2D eigenvalue weighted by atomic mass is 9.58. The van der Waals surface area contributed by atoms with Gasteiger partial charge in [0.05, 0.1) is 5.52 Å². The van der Waals surface area contributed by atoms with Gasteiger partial charge in [-0.25, -0.2) is 0 Å². The first-order valence-corrected chi connectivity index (χ1v) is 21.8. The second-order valence-electron chi connectivity index (χ2n) is 16.4. The molecule has 3 aromatic heterocycles. The number of benzene rings is 9. The number of furan rings is 1. The molecule has 1 N–H and O–H groups in total. The fourth-order valence-electron chi connectivity index (χ4n) is 10.0. The Balaban J connectivity index is 1.19. The Bertz CT molecular complexity index is 3670. The zero-order chi connectivity index (χ0) is 40.2. The first kappa shape index (κ1) is 34.5. The van der Waals surface area contributed by atoms with Crippen LogP contribution in [-0.4, -0.2) is 11.8 Å². The summed E-state index contributed by atoms with van der Waals surface area (Å²) in [5, 5.41) is 11.2. The van der Waals surface area contributed by atoms with E-state index in [1.807, 2.05) is 17.4 Å². The maximum atomic E-state index is 6.69. The first-order chi connectivity index (χ1) is 30.1. The summed E-state index contributed by atoms with van der Waals surface area (Å²) >= 11 is 1.87. The van der Waals surface area contributed by atoms with E-state index in [0.29, 0.717) is 0 Å². The molecule has 0 aliphatic carbocycles. The van der Waals surface area contributed by atoms with E-state index in [9.17, 15) is 0 Å². The molecule has 285 valence electrons. The lowest BCUT2D eigenvalue weighted by Gasteiger charge is -2.27. The van der Waals surface area contributed by atoms with Crippen molar-refractivity contribution in [3.63, 3.8) is 0 Å². The van der Waals surface area contributed by atoms with E-state index in [-0.39, 0.29) is 5.92 Å². The summed E-state index contributed by atoms with van der Waals surface area (Å²) in [5.41, 5.74) is 17.1. The van der Waals surface area contributed by atoms with Crippen molar-refractivity contribution < 1.29 is 4.42 Å². The Morgan fingerprint density at radius 1 is 0.557 bits per heavy atom. The number of rotatable bonds is 6. The Morgan fingerprint density at radius 2 is 1.25 bits per heavy atom. The van der Waals surface area contributed by atoms with Crippen LogP contribution in [0.1, 0.15) is 28.2 Å². The maximum absolute atomic E-state index is 6.69. The number of thiophene rings is 1. The number of hydrogen-bond donors (Lipinski definition) is 1. The van der Waals surface area contributed by atoms with Crippen LogP contribution in [0.4, 0.5) is 11.4 Å². The van der Waals surface area contributed by atoms with Gasteiger partial charge in [-0.05, 0) is 95.3 Å². The molecule has 1 radical (unpaired) electrons. The summed E-state index contributed by atoms with van der Waals surface area (Å²) in [7, 11) is 2.46. The van der Waals surface area contributed by atoms with Crippen molar-refractivity contribution in [2.24, 2.45) is 0 Å². The minimum absolute atomic E-state index is 0.0393. The Kier molecular flexibility index (Phi) is 7.55. The van der Waals surface area contributed by atoms with E-state index in [0.717, 1.165) is 44.4 Å². The highest BCUT2D eigenvalue weighted by Gasteiger charge is 2.32. The van der Waals surface area contributed by atoms with Gasteiger partial charge in [-0.2, -0.15) is 0 Å². The third kappa shape index (κ3) is 5.30. The summed E-state index contributed by atoms with van der Waals surface area (Å²) in [6.07, 6.45) is 0. The predicted octanol–water partition coefficient (Wildman–Crippen LogP) is 13.9. The van der Waals surface area contributed by atoms with Crippen LogP contribution in [-0.2, 0) is 0 Å². The molecular formula is C56H36BN2OS. The van der Waals surface area contributed by atoms with Crippen molar-refractivity contribution in [2.75, 3.05) is 5.32 Å². The van der Waals surface area contributed by atoms with Gasteiger partial charge in [-0.3, -0.25) is 0 Å². The van der Waals surface area contributed by atoms with Crippen LogP contribution in [0.5, 0.6) is 0 Å². The van der Waals surface area contributed by atoms with E-state index in [1.165, 1.54) is 80.8 Å². The predicted molar refractivity (Wildman–Crippen MR) is 260 cm³/mol. The van der Waals surface area contributed by atoms with Crippen molar-refractivity contribution in [3.8, 4) is 16.8 Å². The molecule has 9 aromatic carbocycles. The Morgan fingerprint density at radius 3 is 2.03 bits per heavy atom. The minimum atomic E-state index is -0.0393. The maximum Gasteiger partial charge on any atom is 0.197 e. The smallest absolute Gasteiger partial charge is 0.197 e. The molecule has 0 saturated heterocycles. The number of aryl methyl sites for hydroxylation is 1. The Labute approximate surface area is 357 Å². The van der Waals surface area contributed by atoms with Crippen molar-refractivity contribution >= 4 is 105 Å². The van der Waals surface area contributed by atoms with Crippen LogP contribution in [0.15, 0.2) is 192 Å². The lowest BCUT2D eigenvalue weighted by molar-refractivity contribution is 0.669. The topological polar surface area (TPSA) is 30.1 Å². The third-order valence-electron chi connectivity index (χ3n) is 12.8. The largest absolute Gasteiger partial charge is 0.456 e. The molecule has 0 amide bonds. The lowest BCUT2D eigenvalue weighted by Crippen LogP contribution is -2.37. The van der Waals surface area contributed by atoms with Crippen molar-refractivity contribution in [3.05, 3.63) is 210 Å². The normalized spacial score (nSPS) is 12.3. The molecule has 61 heavy (non-hydrogen) atoms. The fraction of sp³-hybridized carbons (Fsp3) is 0.0357. The Hall–Kier alpha value is -7.34. The van der Waals surface area contributed by atoms with Crippen molar-refractivity contribution in [1.82, 2.24) is 4.57 Å². The number of hydrogen-bond acceptors (Lipinski definition) is 3. The monoisotopic (exact) mass is 795 g/mol. The van der Waals surface area contributed by atoms with E-state index < -0.39 is 0 Å². The summed E-state index contributed by atoms with van der Waals surface area (Å²) in [6.45, 7) is 2.13. The zero-order valence-electron chi connectivity index (χ0n) is 33.3. The molecule has 13 rings (SSSR count). The molecule has 0 unspecified atom stereocenters. The highest BCUT2D eigenvalue weighted by molar-refractivity contribution is 7.26. The number of fused-ring (bicyclic) bond motifs is 11. The van der Waals surface area contributed by atoms with Crippen LogP contribution >= 0.6 is 11.3 Å². The van der Waals surface area contributed by atoms with Gasteiger partial charge in [0.15, 0.2) is 7.28 Å². The highest BCUT2D eigenvalue weighted by Crippen LogP contribution is 2.47. The first-order valence-electron chi connectivity index (χ1n) is 20.9. The molecule has 0 spiro atoms. The van der Waals surface area contributed by atoms with Gasteiger partial charge in [0, 0.05) is 75.8 Å². The quantitative estimate of drug-likeness (QED) is 0.134. The van der Waals surface area contributed by atoms with Crippen molar-refractivity contribution in [2.45, 2.75) is 12.8 Å². The van der Waals surface area contributed by atoms with Gasteiger partial charge in [0.1, 0.15) is 11.2 Å². The summed E-state index contributed by atoms with van der Waals surface area (Å²) in [6, 6.07) is 68.9. The molecule has 3 nitrogen and oxygen atoms in total. The van der Waals surface area contributed by atoms with Crippen LogP contribution in [0.2, 0.25) is 0 Å². The molecule has 0 bridgehead atoms. The molecule has 1 aliphatic heterocycles. The standard InChI is InChI=1S/C56H36BN2OS/c1-33-24-26-36(27-25-33)58-46-29-41-37-18-9-12-22-49(37)60-50(41)31-40(46)43-28-44(53(34-14-4-2-5-15-34)35-16-6-3-7-17-35)54-39-20-8-11-21-47(39)59-48-30-42-38-19-10-13-23-51(38)61-52(42)32-45(48)57-55(43)56(54)59/h2-32,53,58H,1H3. The molecule has 4 heterocycles. The molecule has 5 heteroatoms. The number of aromatic nitrogens is 1. The summed E-state index contributed by atoms with van der Waals surface area (Å²) in [5.74, 6) is -0.0393. The van der Waals surface area contributed by atoms with Gasteiger partial charge in [0.25, 0.3) is 0 Å². The van der Waals surface area contributed by atoms with Crippen LogP contribution in [0, 0.1) is 6.92 Å². The third-order valence-corrected chi connectivity index (χ3v) is 13.9. The molecule has 1 aliphatic rings. The van der Waals surface area contributed by atoms with E-state index in [2.05, 4.69) is 206 Å². The van der Waals surface area contributed by atoms with Crippen LogP contribution < -0.4 is 16.2 Å². The zero-order valence-corrected chi connectivity index (χ0v) is 34.1. The molecule has 12 aromatic rings. The second-order valence-corrected chi connectivity index (χ2v) is 17.5. The number of nitrogens with one attached hydrogen (secondary N) is 1. The minimum Gasteiger partial charge on any atom is -0.456 e. The molecule has 0 fully saturated rings. The van der Waals surface area contributed by atoms with Gasteiger partial charge >= 0.3 is 0 Å². The number of nitrogens with zero attached hydrogens (tertiary/aromatic N) is 1. The average molecular weight is 796 g/mol. The van der Waals surface area contributed by atoms with Crippen LogP contribution in [0.3, 0.4) is 0 Å². The van der Waals surface area contributed by atoms with Crippen molar-refractivity contribution in [1.29, 1.82) is 0 Å². The number of para-hydroxylation sites is 2. The summed E-state index contributed by atoms with van der Waals surface area (Å²) < 4.78 is 11.9. The molecular weight excluding hydrogens is 760 g/mol. The van der Waals surface area contributed by atoms with Gasteiger partial charge in [-0.15, -0.1) is 11.3 Å². The fourth-order valence-corrected chi connectivity index (χ4v) is 11.2. The highest BCUT2D eigenvalue weighted by atomic mass is 32.1.